The Labute approximate surface area is 753 Å². The fourth-order valence-electron chi connectivity index (χ4n) is 10.2. The third-order valence-corrected chi connectivity index (χ3v) is 23.1. The predicted molar refractivity (Wildman–Crippen MR) is 362 cm³/mol. The Hall–Kier alpha value is -4.57. The second-order valence-corrected chi connectivity index (χ2v) is 31.4. The molecule has 12 aromatic rings. The van der Waals surface area contributed by atoms with Crippen molar-refractivity contribution in [2.75, 3.05) is 23.0 Å². The number of rotatable bonds is 14. The number of hydrogen-bond acceptors (Lipinski definition) is 20. The van der Waals surface area contributed by atoms with Gasteiger partial charge in [0.2, 0.25) is 0 Å². The molecule has 0 saturated heterocycles. The number of imidazole rings is 8. The van der Waals surface area contributed by atoms with Crippen LogP contribution < -0.4 is 62.5 Å². The van der Waals surface area contributed by atoms with Gasteiger partial charge in [-0.3, -0.25) is 9.97 Å². The molecule has 118 heavy (non-hydrogen) atoms. The zero-order chi connectivity index (χ0) is 87.3. The summed E-state index contributed by atoms with van der Waals surface area (Å²) in [6.45, 7) is 5.83. The van der Waals surface area contributed by atoms with Gasteiger partial charge in [-0.25, -0.2) is 63.6 Å². The van der Waals surface area contributed by atoms with Crippen molar-refractivity contribution in [3.63, 3.8) is 0 Å². The summed E-state index contributed by atoms with van der Waals surface area (Å²) in [7, 11) is 16.1. The minimum Gasteiger partial charge on any atom is 1.00 e. The van der Waals surface area contributed by atoms with Gasteiger partial charge in [0.15, 0.2) is 0 Å². The van der Waals surface area contributed by atoms with Crippen molar-refractivity contribution in [2.45, 2.75) is 84.3 Å². The first-order chi connectivity index (χ1) is 52.7. The molecule has 12 aromatic heterocycles. The Bertz CT molecular complexity index is 5600. The van der Waals surface area contributed by atoms with Gasteiger partial charge < -0.3 is 81.3 Å². The van der Waals surface area contributed by atoms with Crippen molar-refractivity contribution in [3.8, 4) is 46.1 Å². The Morgan fingerprint density at radius 3 is 0.661 bits per heavy atom. The van der Waals surface area contributed by atoms with Crippen LogP contribution in [-0.2, 0) is 189 Å². The molecule has 12 heterocycles. The number of pyridine rings is 4. The molecule has 0 saturated carbocycles. The van der Waals surface area contributed by atoms with E-state index in [4.69, 9.17) is 38.8 Å². The molecule has 28 nitrogen and oxygen atoms in total. The number of aromatic nitrogens is 20. The van der Waals surface area contributed by atoms with Crippen LogP contribution in [0.5, 0.6) is 0 Å². The van der Waals surface area contributed by atoms with Gasteiger partial charge in [-0.05, 0) is 75.2 Å². The number of hydrogen-bond donors (Lipinski definition) is 0. The summed E-state index contributed by atoms with van der Waals surface area (Å²) in [5.74, 6) is -10.9. The molecule has 0 radical (unpaired) electrons. The van der Waals surface area contributed by atoms with Gasteiger partial charge >= 0.3 is 182 Å². The van der Waals surface area contributed by atoms with Gasteiger partial charge in [0.25, 0.3) is 0 Å². The molecule has 0 amide bonds. The molecule has 0 unspecified atom stereocenters. The normalized spacial score (nSPS) is 12.1. The molecule has 0 aliphatic carbocycles. The van der Waals surface area contributed by atoms with Crippen LogP contribution in [0.4, 0.5) is 70.2 Å². The van der Waals surface area contributed by atoms with Crippen molar-refractivity contribution in [3.05, 3.63) is 97.1 Å². The Kier molecular flexibility index (Phi) is 40.9. The Balaban J connectivity index is 0.000000756. The molecule has 60 heteroatoms. The van der Waals surface area contributed by atoms with Crippen molar-refractivity contribution in [1.82, 2.24) is 96.3 Å². The van der Waals surface area contributed by atoms with Crippen LogP contribution in [0, 0.1) is 25.3 Å². The van der Waals surface area contributed by atoms with E-state index in [1.165, 1.54) is 97.4 Å². The van der Waals surface area contributed by atoms with Crippen LogP contribution in [-0.4, -0.2) is 165 Å². The first kappa shape index (κ1) is 111. The minimum atomic E-state index is -5.82. The largest absolute Gasteiger partial charge is 1.00 e. The molecule has 12 rings (SSSR count). The van der Waals surface area contributed by atoms with Crippen LogP contribution in [0.3, 0.4) is 0 Å². The molecule has 620 valence electrons. The molecule has 0 atom stereocenters. The quantitative estimate of drug-likeness (QED) is 0.0783. The van der Waals surface area contributed by atoms with E-state index in [1.807, 2.05) is 0 Å². The number of alkyl halides is 16. The maximum Gasteiger partial charge on any atom is 1.00 e. The third-order valence-electron chi connectivity index (χ3n) is 15.8. The fourth-order valence-corrected chi connectivity index (χ4v) is 14.9. The van der Waals surface area contributed by atoms with Gasteiger partial charge in [-0.2, -0.15) is 70.2 Å². The van der Waals surface area contributed by atoms with Crippen molar-refractivity contribution < 1.29 is 236 Å². The summed E-state index contributed by atoms with van der Waals surface area (Å²) >= 11 is 3.39. The minimum absolute atomic E-state index is 0. The Morgan fingerprint density at radius 2 is 0.500 bits per heavy atom. The van der Waals surface area contributed by atoms with Gasteiger partial charge in [-0.1, -0.05) is 27.7 Å². The first-order valence-electron chi connectivity index (χ1n) is 30.9. The second kappa shape index (κ2) is 43.4. The van der Waals surface area contributed by atoms with Gasteiger partial charge in [0.05, 0.1) is 92.2 Å². The van der Waals surface area contributed by atoms with Gasteiger partial charge in [0, 0.05) is 96.6 Å². The number of aryl methyl sites for hydroxylation is 8. The number of sulfone groups is 4. The van der Waals surface area contributed by atoms with Crippen LogP contribution >= 0.6 is 38.8 Å². The van der Waals surface area contributed by atoms with E-state index in [9.17, 15) is 104 Å². The molecular weight excluding hydrogens is 2030 g/mol. The average molecular weight is 2080 g/mol. The maximum atomic E-state index is 13.6. The van der Waals surface area contributed by atoms with Crippen LogP contribution in [0.1, 0.15) is 50.5 Å². The average Bonchev–Trinajstić information content (AvgIpc) is 1.61. The fraction of sp³-hybridized carbons (Fsp3) is 0.379. The summed E-state index contributed by atoms with van der Waals surface area (Å²) in [5, 5.41) is -0.556. The molecule has 0 bridgehead atoms. The number of halogens is 22. The van der Waals surface area contributed by atoms with Gasteiger partial charge in [-0.15, -0.1) is 0 Å². The van der Waals surface area contributed by atoms with Gasteiger partial charge in [0.1, 0.15) is 62.1 Å². The number of fused-ring (bicyclic) bond motifs is 4. The monoisotopic (exact) mass is 2070 g/mol. The van der Waals surface area contributed by atoms with E-state index < -0.39 is 98.7 Å². The summed E-state index contributed by atoms with van der Waals surface area (Å²) in [4.78, 5) is 45.3. The number of nitrogens with zero attached hydrogens (tertiary/aromatic N) is 20. The van der Waals surface area contributed by atoms with Crippen molar-refractivity contribution in [1.29, 1.82) is 0 Å². The molecule has 0 aliphatic rings. The summed E-state index contributed by atoms with van der Waals surface area (Å²) < 4.78 is 316. The SMILES string of the molecule is CCS(=O)(=O)c1c(-c2nc3cc(C(F)(F)C(F)(F)F)ncc3n2C)n[c-]n1C.CCS(=O)(=O)c1c(-c2nc3cc(C(F)(F)C(F)(F)F)ncc3n2C)n[c-]n1C.CCS(=O)(=O)c1c(-c2nc3cc(C(F)(F)F)ncc3n2C)n[c-]n1C.CCS(=O)(=O)c1c(-c2nc3cc(C(F)(F)F)ncc3n2C)n[c-]n1C.[Cl-].[Cl-].[Cl][Zn+].[Cl][Zn+].[Cl][Zn+].[Cl][Zn+].[Li+].[Li+]. The maximum absolute atomic E-state index is 13.6. The van der Waals surface area contributed by atoms with Crippen LogP contribution in [0.15, 0.2) is 69.2 Å². The molecular formula is C58H52Cl6F16Li2N20O8S4Zn4. The van der Waals surface area contributed by atoms with Crippen molar-refractivity contribution in [2.24, 2.45) is 56.4 Å². The van der Waals surface area contributed by atoms with E-state index in [2.05, 4.69) is 85.1 Å². The molecule has 0 spiro atoms. The predicted octanol–water partition coefficient (Wildman–Crippen LogP) is -0.0398. The van der Waals surface area contributed by atoms with E-state index >= 15 is 0 Å². The smallest absolute Gasteiger partial charge is 1.00 e. The third kappa shape index (κ3) is 23.3. The standard InChI is InChI=1S/2C15H13F5N5O2S.2C14H13F3N5O2S.6ClH.2Li.4Zn/c2*1-4-28(26,27)13-11(22-7-24(13)2)12-23-8-5-10(14(16,17)15(18,19)20)21-6-9(8)25(12)3;2*1-4-25(23,24)13-11(19-7-21(13)2)12-20-8-5-10(14(15,16)17)18-6-9(8)22(12)3;;;;;;;;;;;;/h2*5-6H,4H2,1-3H3;2*5-6H,4H2,1-3H3;6*1H;;;;;;/q4*-1;;;;;;;2*+1;4*+2/p-6. The van der Waals surface area contributed by atoms with Crippen molar-refractivity contribution >= 4 is 122 Å². The van der Waals surface area contributed by atoms with Crippen LogP contribution in [0.25, 0.3) is 90.2 Å². The second-order valence-electron chi connectivity index (χ2n) is 22.7. The zero-order valence-corrected chi connectivity index (χ0v) is 83.1. The zero-order valence-electron chi connectivity index (χ0n) is 63.4. The van der Waals surface area contributed by atoms with Crippen LogP contribution in [0.2, 0.25) is 0 Å². The summed E-state index contributed by atoms with van der Waals surface area (Å²) in [6.07, 6.45) is -7.13. The van der Waals surface area contributed by atoms with E-state index in [0.717, 1.165) is 115 Å². The molecule has 0 aliphatic heterocycles. The molecule has 0 aromatic carbocycles. The summed E-state index contributed by atoms with van der Waals surface area (Å²) in [5.41, 5.74) is -4.68. The summed E-state index contributed by atoms with van der Waals surface area (Å²) in [6, 6.07) is 2.68. The molecule has 0 fully saturated rings. The van der Waals surface area contributed by atoms with E-state index in [-0.39, 0.29) is 185 Å². The topological polar surface area (TPSA) is 331 Å². The Morgan fingerprint density at radius 1 is 0.331 bits per heavy atom. The first-order valence-corrected chi connectivity index (χ1v) is 53.1. The van der Waals surface area contributed by atoms with E-state index in [1.54, 1.807) is 14.1 Å². The van der Waals surface area contributed by atoms with E-state index in [0.29, 0.717) is 23.2 Å². The molecule has 0 N–H and O–H groups in total.